The van der Waals surface area contributed by atoms with Gasteiger partial charge in [-0.25, -0.2) is 9.18 Å². The molecule has 0 radical (unpaired) electrons. The fraction of sp³-hybridized carbons (Fsp3) is 0.444. The van der Waals surface area contributed by atoms with Gasteiger partial charge in [-0.15, -0.1) is 0 Å². The van der Waals surface area contributed by atoms with Gasteiger partial charge in [-0.05, 0) is 55.9 Å². The summed E-state index contributed by atoms with van der Waals surface area (Å²) in [5, 5.41) is 6.10. The number of hydrogen-bond donors (Lipinski definition) is 2. The Bertz CT molecular complexity index is 1310. The molecule has 3 saturated heterocycles. The second kappa shape index (κ2) is 8.50. The highest BCUT2D eigenvalue weighted by molar-refractivity contribution is 5.95. The van der Waals surface area contributed by atoms with Gasteiger partial charge in [0.25, 0.3) is 11.5 Å². The number of carbonyl (C=O) groups is 2. The van der Waals surface area contributed by atoms with Crippen LogP contribution < -0.4 is 21.1 Å². The number of nitrogens with zero attached hydrogens (tertiary/aromatic N) is 3. The van der Waals surface area contributed by atoms with Gasteiger partial charge in [0, 0.05) is 49.9 Å². The molecule has 0 bridgehead atoms. The van der Waals surface area contributed by atoms with Gasteiger partial charge in [-0.3, -0.25) is 14.2 Å². The van der Waals surface area contributed by atoms with Crippen molar-refractivity contribution in [2.45, 2.75) is 43.7 Å². The fourth-order valence-electron chi connectivity index (χ4n) is 6.37. The van der Waals surface area contributed by atoms with E-state index in [1.54, 1.807) is 34.7 Å². The van der Waals surface area contributed by atoms with Crippen LogP contribution in [0.2, 0.25) is 0 Å². The summed E-state index contributed by atoms with van der Waals surface area (Å²) in [6, 6.07) is 2.83. The number of amides is 3. The van der Waals surface area contributed by atoms with Crippen LogP contribution in [-0.4, -0.2) is 52.6 Å². The summed E-state index contributed by atoms with van der Waals surface area (Å²) in [6.07, 6.45) is 13.0. The number of aromatic nitrogens is 1. The van der Waals surface area contributed by atoms with E-state index in [0.29, 0.717) is 50.3 Å². The smallest absolute Gasteiger partial charge is 0.319 e. The highest BCUT2D eigenvalue weighted by Gasteiger charge is 2.44. The van der Waals surface area contributed by atoms with E-state index in [0.717, 1.165) is 24.1 Å². The summed E-state index contributed by atoms with van der Waals surface area (Å²) < 4.78 is 15.2. The third-order valence-corrected chi connectivity index (χ3v) is 8.28. The van der Waals surface area contributed by atoms with Crippen LogP contribution in [0.4, 0.5) is 15.0 Å². The molecule has 8 nitrogen and oxygen atoms in total. The third kappa shape index (κ3) is 3.68. The predicted molar refractivity (Wildman–Crippen MR) is 134 cm³/mol. The van der Waals surface area contributed by atoms with Gasteiger partial charge >= 0.3 is 6.03 Å². The number of rotatable bonds is 2. The number of anilines is 1. The van der Waals surface area contributed by atoms with Gasteiger partial charge in [-0.2, -0.15) is 0 Å². The summed E-state index contributed by atoms with van der Waals surface area (Å²) in [5.74, 6) is 0.190. The third-order valence-electron chi connectivity index (χ3n) is 8.28. The van der Waals surface area contributed by atoms with Gasteiger partial charge in [0.1, 0.15) is 11.6 Å². The summed E-state index contributed by atoms with van der Waals surface area (Å²) in [7, 11) is 1.72. The minimum absolute atomic E-state index is 0.0310. The van der Waals surface area contributed by atoms with Gasteiger partial charge in [-0.1, -0.05) is 18.2 Å². The molecule has 5 aliphatic rings. The Balaban J connectivity index is 1.24. The molecule has 0 saturated carbocycles. The number of hydrogen-bond acceptors (Lipinski definition) is 4. The van der Waals surface area contributed by atoms with Gasteiger partial charge in [0.2, 0.25) is 0 Å². The molecule has 1 aromatic heterocycles. The van der Waals surface area contributed by atoms with E-state index in [-0.39, 0.29) is 35.3 Å². The first kappa shape index (κ1) is 22.8. The lowest BCUT2D eigenvalue weighted by atomic mass is 9.76. The maximum atomic E-state index is 13.7. The maximum absolute atomic E-state index is 13.7. The molecule has 2 N–H and O–H groups in total. The average molecular weight is 492 g/mol. The summed E-state index contributed by atoms with van der Waals surface area (Å²) >= 11 is 0. The number of likely N-dealkylation sites (tertiary alicyclic amines) is 1. The summed E-state index contributed by atoms with van der Waals surface area (Å²) in [4.78, 5) is 42.6. The predicted octanol–water partition coefficient (Wildman–Crippen LogP) is 2.90. The number of pyridine rings is 1. The Labute approximate surface area is 208 Å². The molecular formula is C27H30FN5O3. The fourth-order valence-corrected chi connectivity index (χ4v) is 6.37. The SMILES string of the molecule is Cn1c(N2CCC3(CC2)NC(=O)NC2=CCCC=C23)cc(C(=O)N2CCC3C=C(F)C=CC32)cc1=O. The second-order valence-electron chi connectivity index (χ2n) is 10.3. The highest BCUT2D eigenvalue weighted by atomic mass is 19.1. The van der Waals surface area contributed by atoms with Crippen molar-refractivity contribution in [3.05, 3.63) is 75.5 Å². The van der Waals surface area contributed by atoms with Crippen molar-refractivity contribution in [2.75, 3.05) is 24.5 Å². The maximum Gasteiger partial charge on any atom is 0.319 e. The number of carbonyl (C=O) groups excluding carboxylic acids is 2. The zero-order valence-corrected chi connectivity index (χ0v) is 20.3. The van der Waals surface area contributed by atoms with E-state index in [1.807, 2.05) is 0 Å². The molecule has 1 spiro atoms. The number of halogens is 1. The number of nitrogens with one attached hydrogen (secondary N) is 2. The van der Waals surface area contributed by atoms with Gasteiger partial charge < -0.3 is 20.4 Å². The molecule has 9 heteroatoms. The minimum Gasteiger partial charge on any atom is -0.358 e. The van der Waals surface area contributed by atoms with E-state index in [4.69, 9.17) is 0 Å². The lowest BCUT2D eigenvalue weighted by molar-refractivity contribution is 0.0753. The van der Waals surface area contributed by atoms with E-state index in [2.05, 4.69) is 27.7 Å². The average Bonchev–Trinajstić information content (AvgIpc) is 3.28. The van der Waals surface area contributed by atoms with Gasteiger partial charge in [0.05, 0.1) is 11.6 Å². The molecule has 3 aliphatic heterocycles. The van der Waals surface area contributed by atoms with Crippen LogP contribution in [0.1, 0.15) is 42.5 Å². The Hall–Kier alpha value is -3.62. The highest BCUT2D eigenvalue weighted by Crippen LogP contribution is 2.39. The molecule has 3 amide bonds. The monoisotopic (exact) mass is 491 g/mol. The Kier molecular flexibility index (Phi) is 5.39. The molecule has 3 fully saturated rings. The second-order valence-corrected chi connectivity index (χ2v) is 10.3. The Morgan fingerprint density at radius 2 is 1.89 bits per heavy atom. The van der Waals surface area contributed by atoms with Crippen LogP contribution >= 0.6 is 0 Å². The zero-order valence-electron chi connectivity index (χ0n) is 20.3. The van der Waals surface area contributed by atoms with Crippen molar-refractivity contribution in [1.29, 1.82) is 0 Å². The molecule has 4 heterocycles. The van der Waals surface area contributed by atoms with E-state index in [1.165, 1.54) is 12.1 Å². The minimum atomic E-state index is -0.419. The first-order valence-electron chi connectivity index (χ1n) is 12.7. The lowest BCUT2D eigenvalue weighted by Crippen LogP contribution is -2.63. The molecule has 2 atom stereocenters. The van der Waals surface area contributed by atoms with Crippen molar-refractivity contribution in [2.24, 2.45) is 13.0 Å². The normalized spacial score (nSPS) is 26.4. The van der Waals surface area contributed by atoms with Crippen LogP contribution in [0.3, 0.4) is 0 Å². The number of piperidine rings is 1. The summed E-state index contributed by atoms with van der Waals surface area (Å²) in [5.41, 5.74) is 1.76. The van der Waals surface area contributed by atoms with E-state index < -0.39 is 5.54 Å². The molecule has 0 aromatic carbocycles. The van der Waals surface area contributed by atoms with Crippen molar-refractivity contribution >= 4 is 17.8 Å². The van der Waals surface area contributed by atoms with Crippen LogP contribution in [0, 0.1) is 5.92 Å². The zero-order chi connectivity index (χ0) is 25.0. The molecule has 6 rings (SSSR count). The topological polar surface area (TPSA) is 86.7 Å². The van der Waals surface area contributed by atoms with E-state index in [9.17, 15) is 18.8 Å². The standard InChI is InChI=1S/C27H30FN5O3/c1-31-23(32-12-9-27(10-13-32)20-4-2-3-5-21(20)29-26(36)30-27)15-18(16-24(31)34)25(35)33-11-8-17-14-19(28)6-7-22(17)33/h4-7,14-17,22H,2-3,8-13H2,1H3,(H2,29,30,36). The van der Waals surface area contributed by atoms with Crippen LogP contribution in [-0.2, 0) is 7.05 Å². The van der Waals surface area contributed by atoms with Gasteiger partial charge in [0.15, 0.2) is 0 Å². The van der Waals surface area contributed by atoms with Crippen LogP contribution in [0.25, 0.3) is 0 Å². The molecular weight excluding hydrogens is 461 g/mol. The van der Waals surface area contributed by atoms with Crippen molar-refractivity contribution in [3.63, 3.8) is 0 Å². The van der Waals surface area contributed by atoms with Crippen molar-refractivity contribution < 1.29 is 14.0 Å². The first-order valence-corrected chi connectivity index (χ1v) is 12.7. The van der Waals surface area contributed by atoms with Crippen molar-refractivity contribution in [1.82, 2.24) is 20.1 Å². The number of fused-ring (bicyclic) bond motifs is 3. The Morgan fingerprint density at radius 1 is 1.11 bits per heavy atom. The Morgan fingerprint density at radius 3 is 2.69 bits per heavy atom. The summed E-state index contributed by atoms with van der Waals surface area (Å²) in [6.45, 7) is 1.80. The molecule has 36 heavy (non-hydrogen) atoms. The van der Waals surface area contributed by atoms with Crippen LogP contribution in [0.5, 0.6) is 0 Å². The molecule has 188 valence electrons. The number of urea groups is 1. The molecule has 1 aromatic rings. The molecule has 2 aliphatic carbocycles. The lowest BCUT2D eigenvalue weighted by Gasteiger charge is -2.48. The largest absolute Gasteiger partial charge is 0.358 e. The molecule has 2 unspecified atom stereocenters. The van der Waals surface area contributed by atoms with Crippen molar-refractivity contribution in [3.8, 4) is 0 Å². The number of allylic oxidation sites excluding steroid dienone is 4. The van der Waals surface area contributed by atoms with E-state index >= 15 is 0 Å². The quantitative estimate of drug-likeness (QED) is 0.666. The van der Waals surface area contributed by atoms with Crippen LogP contribution in [0.15, 0.2) is 64.4 Å². The first-order chi connectivity index (χ1) is 17.3.